The van der Waals surface area contributed by atoms with Crippen LogP contribution in [0.4, 0.5) is 8.78 Å². The first-order chi connectivity index (χ1) is 8.40. The minimum absolute atomic E-state index is 0.151. The third-order valence-electron chi connectivity index (χ3n) is 4.40. The van der Waals surface area contributed by atoms with Crippen LogP contribution in [0.1, 0.15) is 38.7 Å². The van der Waals surface area contributed by atoms with Crippen molar-refractivity contribution in [1.82, 2.24) is 0 Å². The van der Waals surface area contributed by atoms with Gasteiger partial charge in [-0.25, -0.2) is 8.78 Å². The molecule has 1 aliphatic carbocycles. The highest BCUT2D eigenvalue weighted by atomic mass is 19.1. The summed E-state index contributed by atoms with van der Waals surface area (Å²) in [4.78, 5) is 0. The molecule has 1 aromatic carbocycles. The fourth-order valence-corrected chi connectivity index (χ4v) is 3.05. The predicted molar refractivity (Wildman–Crippen MR) is 67.2 cm³/mol. The lowest BCUT2D eigenvalue weighted by Crippen LogP contribution is -2.44. The highest BCUT2D eigenvalue weighted by Crippen LogP contribution is 2.39. The molecule has 0 saturated heterocycles. The van der Waals surface area contributed by atoms with Gasteiger partial charge in [0.1, 0.15) is 11.6 Å². The summed E-state index contributed by atoms with van der Waals surface area (Å²) in [7, 11) is 0. The van der Waals surface area contributed by atoms with E-state index in [0.717, 1.165) is 18.9 Å². The molecule has 0 amide bonds. The molecule has 0 bridgehead atoms. The van der Waals surface area contributed by atoms with E-state index in [1.165, 1.54) is 12.1 Å². The quantitative estimate of drug-likeness (QED) is 0.853. The van der Waals surface area contributed by atoms with E-state index in [1.54, 1.807) is 0 Å². The molecular weight excluding hydrogens is 234 g/mol. The Kier molecular flexibility index (Phi) is 3.71. The Morgan fingerprint density at radius 2 is 1.83 bits per heavy atom. The van der Waals surface area contributed by atoms with Gasteiger partial charge in [0.2, 0.25) is 0 Å². The van der Waals surface area contributed by atoms with E-state index in [9.17, 15) is 13.9 Å². The highest BCUT2D eigenvalue weighted by molar-refractivity contribution is 5.20. The lowest BCUT2D eigenvalue weighted by molar-refractivity contribution is -0.0621. The number of aliphatic hydroxyl groups is 1. The summed E-state index contributed by atoms with van der Waals surface area (Å²) in [6.07, 6.45) is 3.12. The maximum Gasteiger partial charge on any atom is 0.126 e. The zero-order valence-electron chi connectivity index (χ0n) is 10.9. The van der Waals surface area contributed by atoms with Crippen LogP contribution < -0.4 is 0 Å². The van der Waals surface area contributed by atoms with E-state index in [1.807, 2.05) is 6.92 Å². The molecule has 0 aromatic heterocycles. The summed E-state index contributed by atoms with van der Waals surface area (Å²) < 4.78 is 26.3. The van der Waals surface area contributed by atoms with Crippen LogP contribution in [0.25, 0.3) is 0 Å². The standard InChI is InChI=1S/C15H20F2O/c1-10-4-3-5-15(18,11(10)2)9-12-6-13(16)8-14(17)7-12/h6-8,10-11,18H,3-5,9H2,1-2H3. The third kappa shape index (κ3) is 2.72. The van der Waals surface area contributed by atoms with E-state index < -0.39 is 17.2 Å². The Balaban J connectivity index is 2.21. The van der Waals surface area contributed by atoms with Crippen LogP contribution in [0.15, 0.2) is 18.2 Å². The second-order valence-electron chi connectivity index (χ2n) is 5.72. The van der Waals surface area contributed by atoms with Crippen molar-refractivity contribution in [2.75, 3.05) is 0 Å². The predicted octanol–water partition coefficient (Wildman–Crippen LogP) is 3.69. The van der Waals surface area contributed by atoms with Crippen molar-refractivity contribution < 1.29 is 13.9 Å². The molecular formula is C15H20F2O. The molecule has 1 nitrogen and oxygen atoms in total. The van der Waals surface area contributed by atoms with Crippen LogP contribution in [-0.4, -0.2) is 10.7 Å². The van der Waals surface area contributed by atoms with E-state index in [4.69, 9.17) is 0 Å². The summed E-state index contributed by atoms with van der Waals surface area (Å²) in [6, 6.07) is 3.49. The average Bonchev–Trinajstić information content (AvgIpc) is 2.24. The van der Waals surface area contributed by atoms with Crippen molar-refractivity contribution in [1.29, 1.82) is 0 Å². The minimum Gasteiger partial charge on any atom is -0.389 e. The van der Waals surface area contributed by atoms with Gasteiger partial charge in [0.25, 0.3) is 0 Å². The second kappa shape index (κ2) is 4.96. The van der Waals surface area contributed by atoms with Crippen LogP contribution in [0, 0.1) is 23.5 Å². The van der Waals surface area contributed by atoms with E-state index in [-0.39, 0.29) is 5.92 Å². The molecule has 0 heterocycles. The number of benzene rings is 1. The first-order valence-electron chi connectivity index (χ1n) is 6.58. The molecule has 1 N–H and O–H groups in total. The Morgan fingerprint density at radius 1 is 1.22 bits per heavy atom. The molecule has 3 heteroatoms. The Bertz CT molecular complexity index is 412. The second-order valence-corrected chi connectivity index (χ2v) is 5.72. The number of hydrogen-bond acceptors (Lipinski definition) is 1. The van der Waals surface area contributed by atoms with Crippen molar-refractivity contribution in [3.8, 4) is 0 Å². The van der Waals surface area contributed by atoms with Gasteiger partial charge in [-0.3, -0.25) is 0 Å². The fraction of sp³-hybridized carbons (Fsp3) is 0.600. The van der Waals surface area contributed by atoms with Gasteiger partial charge in [-0.05, 0) is 36.0 Å². The average molecular weight is 254 g/mol. The largest absolute Gasteiger partial charge is 0.389 e. The maximum absolute atomic E-state index is 13.2. The van der Waals surface area contributed by atoms with Crippen molar-refractivity contribution >= 4 is 0 Å². The highest BCUT2D eigenvalue weighted by Gasteiger charge is 2.39. The van der Waals surface area contributed by atoms with Crippen LogP contribution in [0.3, 0.4) is 0 Å². The summed E-state index contributed by atoms with van der Waals surface area (Å²) in [5.41, 5.74) is -0.297. The summed E-state index contributed by atoms with van der Waals surface area (Å²) >= 11 is 0. The van der Waals surface area contributed by atoms with E-state index in [0.29, 0.717) is 24.3 Å². The summed E-state index contributed by atoms with van der Waals surface area (Å²) in [6.45, 7) is 4.15. The molecule has 0 aliphatic heterocycles. The van der Waals surface area contributed by atoms with Crippen LogP contribution in [0.2, 0.25) is 0 Å². The van der Waals surface area contributed by atoms with Crippen molar-refractivity contribution in [3.63, 3.8) is 0 Å². The van der Waals surface area contributed by atoms with Crippen molar-refractivity contribution in [3.05, 3.63) is 35.4 Å². The van der Waals surface area contributed by atoms with Crippen LogP contribution >= 0.6 is 0 Å². The molecule has 3 atom stereocenters. The molecule has 1 saturated carbocycles. The summed E-state index contributed by atoms with van der Waals surface area (Å²) in [5, 5.41) is 10.7. The maximum atomic E-state index is 13.2. The van der Waals surface area contributed by atoms with Gasteiger partial charge in [0.15, 0.2) is 0 Å². The topological polar surface area (TPSA) is 20.2 Å². The van der Waals surface area contributed by atoms with Gasteiger partial charge < -0.3 is 5.11 Å². The first kappa shape index (κ1) is 13.5. The molecule has 1 aliphatic rings. The molecule has 3 unspecified atom stereocenters. The molecule has 0 spiro atoms. The van der Waals surface area contributed by atoms with Gasteiger partial charge in [-0.15, -0.1) is 0 Å². The number of halogens is 2. The summed E-state index contributed by atoms with van der Waals surface area (Å²) in [5.74, 6) is -0.560. The van der Waals surface area contributed by atoms with E-state index in [2.05, 4.69) is 6.92 Å². The van der Waals surface area contributed by atoms with E-state index >= 15 is 0 Å². The molecule has 2 rings (SSSR count). The van der Waals surface area contributed by atoms with Crippen LogP contribution in [0.5, 0.6) is 0 Å². The van der Waals surface area contributed by atoms with Crippen molar-refractivity contribution in [2.24, 2.45) is 11.8 Å². The van der Waals surface area contributed by atoms with Gasteiger partial charge in [0.05, 0.1) is 5.60 Å². The van der Waals surface area contributed by atoms with Crippen LogP contribution in [-0.2, 0) is 6.42 Å². The van der Waals surface area contributed by atoms with Crippen molar-refractivity contribution in [2.45, 2.75) is 45.1 Å². The SMILES string of the molecule is CC1CCCC(O)(Cc2cc(F)cc(F)c2)C1C. The molecule has 18 heavy (non-hydrogen) atoms. The molecule has 1 fully saturated rings. The molecule has 100 valence electrons. The zero-order valence-corrected chi connectivity index (χ0v) is 10.9. The number of rotatable bonds is 2. The third-order valence-corrected chi connectivity index (χ3v) is 4.40. The Morgan fingerprint density at radius 3 is 2.44 bits per heavy atom. The first-order valence-corrected chi connectivity index (χ1v) is 6.58. The Hall–Kier alpha value is -0.960. The smallest absolute Gasteiger partial charge is 0.126 e. The fourth-order valence-electron chi connectivity index (χ4n) is 3.05. The van der Waals surface area contributed by atoms with Gasteiger partial charge in [0, 0.05) is 12.5 Å². The van der Waals surface area contributed by atoms with Gasteiger partial charge >= 0.3 is 0 Å². The minimum atomic E-state index is -0.835. The zero-order chi connectivity index (χ0) is 13.3. The monoisotopic (exact) mass is 254 g/mol. The number of hydrogen-bond donors (Lipinski definition) is 1. The Labute approximate surface area is 107 Å². The van der Waals surface area contributed by atoms with Gasteiger partial charge in [-0.2, -0.15) is 0 Å². The molecule has 0 radical (unpaired) electrons. The lowest BCUT2D eigenvalue weighted by Gasteiger charge is -2.42. The van der Waals surface area contributed by atoms with Gasteiger partial charge in [-0.1, -0.05) is 26.7 Å². The lowest BCUT2D eigenvalue weighted by atomic mass is 9.68. The normalized spacial score (nSPS) is 32.5. The molecule has 1 aromatic rings.